The number of aromatic nitrogens is 3. The first kappa shape index (κ1) is 14.5. The fraction of sp³-hybridized carbons (Fsp3) is 0.615. The summed E-state index contributed by atoms with van der Waals surface area (Å²) in [4.78, 5) is 17.8. The van der Waals surface area contributed by atoms with Crippen molar-refractivity contribution < 1.29 is 9.53 Å². The van der Waals surface area contributed by atoms with Gasteiger partial charge in [-0.15, -0.1) is 0 Å². The Morgan fingerprint density at radius 2 is 2.45 bits per heavy atom. The number of amides is 2. The Kier molecular flexibility index (Phi) is 5.11. The number of likely N-dealkylation sites (N-methyl/N-ethyl adjacent to an activating group) is 1. The van der Waals surface area contributed by atoms with E-state index in [1.54, 1.807) is 11.9 Å². The van der Waals surface area contributed by atoms with E-state index in [9.17, 15) is 4.79 Å². The van der Waals surface area contributed by atoms with Crippen LogP contribution in [-0.2, 0) is 17.7 Å². The molecule has 2 amide bonds. The quantitative estimate of drug-likeness (QED) is 0.783. The first-order chi connectivity index (χ1) is 9.69. The number of hydrogen-bond donors (Lipinski definition) is 2. The maximum atomic E-state index is 12.0. The standard InChI is InChI=1S/C13H21N5O2/c1-3-11-15-12(17-16-11)7-14-13(19)18(2)8-10-5-4-6-20-9-10/h5H,3-4,6-9H2,1-2H3,(H,14,19)(H,15,16,17). The molecule has 110 valence electrons. The summed E-state index contributed by atoms with van der Waals surface area (Å²) in [5, 5.41) is 9.64. The van der Waals surface area contributed by atoms with Crippen LogP contribution in [0.5, 0.6) is 0 Å². The van der Waals surface area contributed by atoms with Gasteiger partial charge in [-0.3, -0.25) is 5.10 Å². The summed E-state index contributed by atoms with van der Waals surface area (Å²) in [6, 6.07) is -0.133. The molecule has 0 saturated heterocycles. The van der Waals surface area contributed by atoms with Gasteiger partial charge in [-0.2, -0.15) is 5.10 Å². The van der Waals surface area contributed by atoms with Crippen LogP contribution in [0.1, 0.15) is 25.0 Å². The number of H-pyrrole nitrogens is 1. The van der Waals surface area contributed by atoms with Crippen LogP contribution in [0.3, 0.4) is 0 Å². The molecule has 0 spiro atoms. The Bertz CT molecular complexity index is 483. The first-order valence-electron chi connectivity index (χ1n) is 6.83. The van der Waals surface area contributed by atoms with Crippen molar-refractivity contribution in [3.63, 3.8) is 0 Å². The molecular weight excluding hydrogens is 258 g/mol. The van der Waals surface area contributed by atoms with E-state index in [-0.39, 0.29) is 6.03 Å². The fourth-order valence-corrected chi connectivity index (χ4v) is 1.96. The van der Waals surface area contributed by atoms with Crippen LogP contribution in [0.25, 0.3) is 0 Å². The number of nitrogens with zero attached hydrogens (tertiary/aromatic N) is 3. The molecule has 1 aliphatic rings. The Morgan fingerprint density at radius 1 is 1.60 bits per heavy atom. The van der Waals surface area contributed by atoms with Crippen LogP contribution >= 0.6 is 0 Å². The number of nitrogens with one attached hydrogen (secondary N) is 2. The number of carbonyl (C=O) groups is 1. The summed E-state index contributed by atoms with van der Waals surface area (Å²) in [5.41, 5.74) is 1.14. The van der Waals surface area contributed by atoms with E-state index in [0.29, 0.717) is 25.5 Å². The molecule has 2 heterocycles. The van der Waals surface area contributed by atoms with E-state index >= 15 is 0 Å². The third kappa shape index (κ3) is 4.06. The van der Waals surface area contributed by atoms with Crippen molar-refractivity contribution in [3.05, 3.63) is 23.3 Å². The van der Waals surface area contributed by atoms with Gasteiger partial charge in [-0.05, 0) is 12.0 Å². The van der Waals surface area contributed by atoms with E-state index < -0.39 is 0 Å². The van der Waals surface area contributed by atoms with Crippen molar-refractivity contribution in [1.29, 1.82) is 0 Å². The Balaban J connectivity index is 1.77. The minimum absolute atomic E-state index is 0.133. The SMILES string of the molecule is CCc1n[nH]c(CNC(=O)N(C)CC2=CCCOC2)n1. The summed E-state index contributed by atoms with van der Waals surface area (Å²) >= 11 is 0. The molecule has 1 aliphatic heterocycles. The van der Waals surface area contributed by atoms with Gasteiger partial charge in [0.15, 0.2) is 5.82 Å². The normalized spacial score (nSPS) is 14.8. The monoisotopic (exact) mass is 279 g/mol. The van der Waals surface area contributed by atoms with Crippen LogP contribution in [0, 0.1) is 0 Å². The molecule has 1 aromatic rings. The summed E-state index contributed by atoms with van der Waals surface area (Å²) < 4.78 is 5.36. The number of hydrogen-bond acceptors (Lipinski definition) is 4. The Labute approximate surface area is 118 Å². The van der Waals surface area contributed by atoms with E-state index in [1.807, 2.05) is 6.92 Å². The highest BCUT2D eigenvalue weighted by atomic mass is 16.5. The van der Waals surface area contributed by atoms with Crippen molar-refractivity contribution in [2.24, 2.45) is 0 Å². The second-order valence-electron chi connectivity index (χ2n) is 4.77. The van der Waals surface area contributed by atoms with Crippen molar-refractivity contribution in [2.75, 3.05) is 26.8 Å². The second kappa shape index (κ2) is 7.04. The van der Waals surface area contributed by atoms with Crippen LogP contribution in [0.2, 0.25) is 0 Å². The molecule has 0 fully saturated rings. The lowest BCUT2D eigenvalue weighted by molar-refractivity contribution is 0.144. The number of urea groups is 1. The van der Waals surface area contributed by atoms with Crippen molar-refractivity contribution in [3.8, 4) is 0 Å². The molecule has 2 N–H and O–H groups in total. The van der Waals surface area contributed by atoms with E-state index in [1.165, 1.54) is 0 Å². The highest BCUT2D eigenvalue weighted by Gasteiger charge is 2.12. The molecule has 1 aromatic heterocycles. The van der Waals surface area contributed by atoms with Gasteiger partial charge in [-0.1, -0.05) is 13.0 Å². The lowest BCUT2D eigenvalue weighted by Crippen LogP contribution is -2.38. The molecule has 7 nitrogen and oxygen atoms in total. The Hall–Kier alpha value is -1.89. The van der Waals surface area contributed by atoms with Crippen LogP contribution in [0.15, 0.2) is 11.6 Å². The van der Waals surface area contributed by atoms with Crippen molar-refractivity contribution in [2.45, 2.75) is 26.3 Å². The molecule has 7 heteroatoms. The van der Waals surface area contributed by atoms with Gasteiger partial charge >= 0.3 is 6.03 Å². The number of carbonyl (C=O) groups excluding carboxylic acids is 1. The number of aryl methyl sites for hydroxylation is 1. The molecule has 0 aromatic carbocycles. The van der Waals surface area contributed by atoms with E-state index in [0.717, 1.165) is 30.8 Å². The van der Waals surface area contributed by atoms with Crippen LogP contribution < -0.4 is 5.32 Å². The molecular formula is C13H21N5O2. The summed E-state index contributed by atoms with van der Waals surface area (Å²) in [5.74, 6) is 1.43. The van der Waals surface area contributed by atoms with Gasteiger partial charge < -0.3 is 15.0 Å². The lowest BCUT2D eigenvalue weighted by atomic mass is 10.2. The predicted octanol–water partition coefficient (Wildman–Crippen LogP) is 0.855. The van der Waals surface area contributed by atoms with Gasteiger partial charge in [0.05, 0.1) is 19.8 Å². The second-order valence-corrected chi connectivity index (χ2v) is 4.77. The predicted molar refractivity (Wildman–Crippen MR) is 74.1 cm³/mol. The summed E-state index contributed by atoms with van der Waals surface area (Å²) in [7, 11) is 1.77. The zero-order chi connectivity index (χ0) is 14.4. The average Bonchev–Trinajstić information content (AvgIpc) is 2.93. The highest BCUT2D eigenvalue weighted by Crippen LogP contribution is 2.07. The lowest BCUT2D eigenvalue weighted by Gasteiger charge is -2.21. The molecule has 0 unspecified atom stereocenters. The van der Waals surface area contributed by atoms with Gasteiger partial charge in [0.1, 0.15) is 5.82 Å². The van der Waals surface area contributed by atoms with E-state index in [4.69, 9.17) is 4.74 Å². The van der Waals surface area contributed by atoms with Gasteiger partial charge in [0.2, 0.25) is 0 Å². The van der Waals surface area contributed by atoms with Crippen molar-refractivity contribution >= 4 is 6.03 Å². The maximum absolute atomic E-state index is 12.0. The molecule has 0 saturated carbocycles. The third-order valence-corrected chi connectivity index (χ3v) is 3.07. The first-order valence-corrected chi connectivity index (χ1v) is 6.83. The zero-order valence-electron chi connectivity index (χ0n) is 12.0. The zero-order valence-corrected chi connectivity index (χ0v) is 12.0. The van der Waals surface area contributed by atoms with Crippen molar-refractivity contribution in [1.82, 2.24) is 25.4 Å². The number of rotatable bonds is 5. The van der Waals surface area contributed by atoms with Gasteiger partial charge in [-0.25, -0.2) is 9.78 Å². The smallest absolute Gasteiger partial charge is 0.317 e. The van der Waals surface area contributed by atoms with Crippen LogP contribution in [0.4, 0.5) is 4.79 Å². The van der Waals surface area contributed by atoms with Gasteiger partial charge in [0, 0.05) is 20.0 Å². The maximum Gasteiger partial charge on any atom is 0.317 e. The van der Waals surface area contributed by atoms with E-state index in [2.05, 4.69) is 26.6 Å². The molecule has 20 heavy (non-hydrogen) atoms. The van der Waals surface area contributed by atoms with Crippen LogP contribution in [-0.4, -0.2) is 52.9 Å². The topological polar surface area (TPSA) is 83.1 Å². The van der Waals surface area contributed by atoms with Gasteiger partial charge in [0.25, 0.3) is 0 Å². The number of ether oxygens (including phenoxy) is 1. The summed E-state index contributed by atoms with van der Waals surface area (Å²) in [6.45, 7) is 4.30. The molecule has 0 radical (unpaired) electrons. The fourth-order valence-electron chi connectivity index (χ4n) is 1.96. The average molecular weight is 279 g/mol. The molecule has 0 aliphatic carbocycles. The number of aromatic amines is 1. The molecule has 0 bridgehead atoms. The minimum atomic E-state index is -0.133. The molecule has 2 rings (SSSR count). The largest absolute Gasteiger partial charge is 0.377 e. The Morgan fingerprint density at radius 3 is 3.10 bits per heavy atom. The minimum Gasteiger partial charge on any atom is -0.377 e. The summed E-state index contributed by atoms with van der Waals surface area (Å²) in [6.07, 6.45) is 3.83. The highest BCUT2D eigenvalue weighted by molar-refractivity contribution is 5.74. The molecule has 0 atom stereocenters. The third-order valence-electron chi connectivity index (χ3n) is 3.07.